The minimum atomic E-state index is -3.81. The Bertz CT molecular complexity index is 1160. The van der Waals surface area contributed by atoms with Gasteiger partial charge in [-0.25, -0.2) is 16.8 Å². The van der Waals surface area contributed by atoms with Crippen molar-refractivity contribution in [1.82, 2.24) is 13.9 Å². The first-order chi connectivity index (χ1) is 15.6. The SMILES string of the molecule is CCN(CC(=O)NCc1ccc(S(=O)(=O)N2CCOCC2)cc1)S(=O)(=O)c1ccc(Br)cc1. The molecule has 33 heavy (non-hydrogen) atoms. The van der Waals surface area contributed by atoms with Crippen molar-refractivity contribution < 1.29 is 26.4 Å². The van der Waals surface area contributed by atoms with E-state index in [1.807, 2.05) is 0 Å². The topological polar surface area (TPSA) is 113 Å². The number of amides is 1. The van der Waals surface area contributed by atoms with Gasteiger partial charge >= 0.3 is 0 Å². The standard InChI is InChI=1S/C21H26BrN3O6S2/c1-2-24(32(27,28)20-9-5-18(22)6-10-20)16-21(26)23-15-17-3-7-19(8-4-17)33(29,30)25-11-13-31-14-12-25/h3-10H,2,11-16H2,1H3,(H,23,26). The molecule has 1 heterocycles. The highest BCUT2D eigenvalue weighted by Gasteiger charge is 2.27. The number of morpholine rings is 1. The van der Waals surface area contributed by atoms with Crippen molar-refractivity contribution >= 4 is 41.9 Å². The van der Waals surface area contributed by atoms with Gasteiger partial charge in [0.15, 0.2) is 0 Å². The number of carbonyl (C=O) groups excluding carboxylic acids is 1. The Balaban J connectivity index is 1.59. The molecule has 1 aliphatic rings. The predicted molar refractivity (Wildman–Crippen MR) is 126 cm³/mol. The first-order valence-electron chi connectivity index (χ1n) is 10.3. The molecule has 0 bridgehead atoms. The fraction of sp³-hybridized carbons (Fsp3) is 0.381. The molecule has 1 amide bonds. The van der Waals surface area contributed by atoms with Gasteiger partial charge in [-0.05, 0) is 42.0 Å². The molecule has 1 aliphatic heterocycles. The number of hydrogen-bond acceptors (Lipinski definition) is 6. The van der Waals surface area contributed by atoms with Crippen LogP contribution in [-0.2, 0) is 36.1 Å². The summed E-state index contributed by atoms with van der Waals surface area (Å²) in [6, 6.07) is 12.5. The first-order valence-corrected chi connectivity index (χ1v) is 14.0. The maximum atomic E-state index is 12.8. The summed E-state index contributed by atoms with van der Waals surface area (Å²) in [4.78, 5) is 12.7. The van der Waals surface area contributed by atoms with Gasteiger partial charge in [0.2, 0.25) is 26.0 Å². The molecule has 0 spiro atoms. The molecule has 9 nitrogen and oxygen atoms in total. The number of carbonyl (C=O) groups is 1. The van der Waals surface area contributed by atoms with E-state index in [9.17, 15) is 21.6 Å². The van der Waals surface area contributed by atoms with E-state index in [4.69, 9.17) is 4.74 Å². The normalized spacial score (nSPS) is 15.5. The molecule has 180 valence electrons. The zero-order valence-electron chi connectivity index (χ0n) is 18.1. The Hall–Kier alpha value is -1.83. The van der Waals surface area contributed by atoms with Gasteiger partial charge in [0.1, 0.15) is 0 Å². The van der Waals surface area contributed by atoms with Crippen molar-refractivity contribution in [2.45, 2.75) is 23.3 Å². The fourth-order valence-electron chi connectivity index (χ4n) is 3.25. The van der Waals surface area contributed by atoms with Crippen molar-refractivity contribution in [1.29, 1.82) is 0 Å². The van der Waals surface area contributed by atoms with Crippen molar-refractivity contribution in [3.63, 3.8) is 0 Å². The van der Waals surface area contributed by atoms with Crippen LogP contribution in [-0.4, -0.2) is 70.7 Å². The summed E-state index contributed by atoms with van der Waals surface area (Å²) in [6.07, 6.45) is 0. The number of nitrogens with one attached hydrogen (secondary N) is 1. The Morgan fingerprint density at radius 2 is 1.58 bits per heavy atom. The molecule has 0 saturated carbocycles. The summed E-state index contributed by atoms with van der Waals surface area (Å²) < 4.78 is 59.4. The molecule has 1 saturated heterocycles. The summed E-state index contributed by atoms with van der Waals surface area (Å²) in [5, 5.41) is 2.69. The number of halogens is 1. The van der Waals surface area contributed by atoms with Gasteiger partial charge in [-0.1, -0.05) is 35.0 Å². The van der Waals surface area contributed by atoms with Gasteiger partial charge in [-0.3, -0.25) is 4.79 Å². The highest BCUT2D eigenvalue weighted by atomic mass is 79.9. The summed E-state index contributed by atoms with van der Waals surface area (Å²) >= 11 is 3.27. The number of ether oxygens (including phenoxy) is 1. The average Bonchev–Trinajstić information content (AvgIpc) is 2.82. The van der Waals surface area contributed by atoms with Crippen molar-refractivity contribution in [3.8, 4) is 0 Å². The number of sulfonamides is 2. The van der Waals surface area contributed by atoms with Gasteiger partial charge in [0.05, 0.1) is 29.5 Å². The van der Waals surface area contributed by atoms with Gasteiger partial charge in [0.25, 0.3) is 0 Å². The number of rotatable bonds is 9. The van der Waals surface area contributed by atoms with E-state index in [0.29, 0.717) is 31.9 Å². The van der Waals surface area contributed by atoms with E-state index in [1.54, 1.807) is 31.2 Å². The first kappa shape index (κ1) is 25.8. The van der Waals surface area contributed by atoms with Crippen LogP contribution in [0.2, 0.25) is 0 Å². The fourth-order valence-corrected chi connectivity index (χ4v) is 6.33. The van der Waals surface area contributed by atoms with Crippen LogP contribution in [0.5, 0.6) is 0 Å². The van der Waals surface area contributed by atoms with Gasteiger partial charge < -0.3 is 10.1 Å². The summed E-state index contributed by atoms with van der Waals surface area (Å²) in [5.74, 6) is -0.456. The quantitative estimate of drug-likeness (QED) is 0.501. The number of likely N-dealkylation sites (N-methyl/N-ethyl adjacent to an activating group) is 1. The van der Waals surface area contributed by atoms with Crippen molar-refractivity contribution in [3.05, 3.63) is 58.6 Å². The minimum Gasteiger partial charge on any atom is -0.379 e. The van der Waals surface area contributed by atoms with Gasteiger partial charge in [-0.15, -0.1) is 0 Å². The third kappa shape index (κ3) is 6.40. The lowest BCUT2D eigenvalue weighted by Gasteiger charge is -2.26. The summed E-state index contributed by atoms with van der Waals surface area (Å²) in [6.45, 7) is 3.00. The van der Waals surface area contributed by atoms with Crippen molar-refractivity contribution in [2.75, 3.05) is 39.4 Å². The molecular weight excluding hydrogens is 534 g/mol. The lowest BCUT2D eigenvalue weighted by molar-refractivity contribution is -0.121. The largest absolute Gasteiger partial charge is 0.379 e. The van der Waals surface area contributed by atoms with Crippen molar-refractivity contribution in [2.24, 2.45) is 0 Å². The molecule has 0 atom stereocenters. The van der Waals surface area contributed by atoms with E-state index < -0.39 is 26.0 Å². The van der Waals surface area contributed by atoms with Crippen LogP contribution < -0.4 is 5.32 Å². The molecular formula is C21H26BrN3O6S2. The van der Waals surface area contributed by atoms with E-state index in [2.05, 4.69) is 21.2 Å². The van der Waals surface area contributed by atoms with E-state index >= 15 is 0 Å². The average molecular weight is 560 g/mol. The lowest BCUT2D eigenvalue weighted by Crippen LogP contribution is -2.40. The van der Waals surface area contributed by atoms with Crippen LogP contribution in [0.4, 0.5) is 0 Å². The molecule has 2 aromatic carbocycles. The second-order valence-electron chi connectivity index (χ2n) is 7.32. The molecule has 1 fully saturated rings. The second-order valence-corrected chi connectivity index (χ2v) is 12.1. The highest BCUT2D eigenvalue weighted by Crippen LogP contribution is 2.19. The van der Waals surface area contributed by atoms with Gasteiger partial charge in [-0.2, -0.15) is 8.61 Å². The Morgan fingerprint density at radius 1 is 1.00 bits per heavy atom. The number of benzene rings is 2. The van der Waals surface area contributed by atoms with Crippen LogP contribution in [0.15, 0.2) is 62.8 Å². The van der Waals surface area contributed by atoms with Gasteiger partial charge in [0, 0.05) is 30.7 Å². The number of hydrogen-bond donors (Lipinski definition) is 1. The van der Waals surface area contributed by atoms with E-state index in [1.165, 1.54) is 28.6 Å². The molecule has 0 radical (unpaired) electrons. The highest BCUT2D eigenvalue weighted by molar-refractivity contribution is 9.10. The molecule has 0 aliphatic carbocycles. The molecule has 2 aromatic rings. The Kier molecular flexibility index (Phi) is 8.65. The third-order valence-electron chi connectivity index (χ3n) is 5.14. The lowest BCUT2D eigenvalue weighted by atomic mass is 10.2. The van der Waals surface area contributed by atoms with Crippen LogP contribution in [0.1, 0.15) is 12.5 Å². The maximum Gasteiger partial charge on any atom is 0.243 e. The molecule has 0 unspecified atom stereocenters. The molecule has 12 heteroatoms. The van der Waals surface area contributed by atoms with Crippen LogP contribution >= 0.6 is 15.9 Å². The van der Waals surface area contributed by atoms with E-state index in [-0.39, 0.29) is 29.4 Å². The third-order valence-corrected chi connectivity index (χ3v) is 9.52. The predicted octanol–water partition coefficient (Wildman–Crippen LogP) is 1.80. The van der Waals surface area contributed by atoms with Crippen LogP contribution in [0.3, 0.4) is 0 Å². The zero-order valence-corrected chi connectivity index (χ0v) is 21.3. The van der Waals surface area contributed by atoms with Crippen LogP contribution in [0, 0.1) is 0 Å². The minimum absolute atomic E-state index is 0.109. The number of nitrogens with zero attached hydrogens (tertiary/aromatic N) is 2. The second kappa shape index (κ2) is 11.1. The Morgan fingerprint density at radius 3 is 2.15 bits per heavy atom. The smallest absolute Gasteiger partial charge is 0.243 e. The zero-order chi connectivity index (χ0) is 24.1. The monoisotopic (exact) mass is 559 g/mol. The molecule has 0 aromatic heterocycles. The molecule has 3 rings (SSSR count). The summed E-state index contributed by atoms with van der Waals surface area (Å²) in [7, 11) is -7.39. The van der Waals surface area contributed by atoms with Crippen LogP contribution in [0.25, 0.3) is 0 Å². The molecule has 1 N–H and O–H groups in total. The Labute approximate surface area is 203 Å². The summed E-state index contributed by atoms with van der Waals surface area (Å²) in [5.41, 5.74) is 0.697. The van der Waals surface area contributed by atoms with E-state index in [0.717, 1.165) is 8.78 Å². The maximum absolute atomic E-state index is 12.8.